The summed E-state index contributed by atoms with van der Waals surface area (Å²) < 4.78 is 56.7. The van der Waals surface area contributed by atoms with Gasteiger partial charge < -0.3 is 8.92 Å². The van der Waals surface area contributed by atoms with Gasteiger partial charge in [-0.1, -0.05) is 5.16 Å². The van der Waals surface area contributed by atoms with Crippen LogP contribution in [-0.2, 0) is 11.9 Å². The SMILES string of the molecule is Fc1ccc(SCc2cn3ccc(-c4noc(C(F)(F)F)n4)cc3n2)cc1. The number of rotatable bonds is 4. The van der Waals surface area contributed by atoms with Crippen molar-refractivity contribution in [3.63, 3.8) is 0 Å². The van der Waals surface area contributed by atoms with E-state index in [1.807, 2.05) is 6.20 Å². The standard InChI is InChI=1S/C17H10F4N4OS/c18-11-1-3-13(4-2-11)27-9-12-8-25-6-5-10(7-14(25)22-12)15-23-16(26-24-15)17(19,20)21/h1-8H,9H2. The van der Waals surface area contributed by atoms with Crippen LogP contribution in [0.5, 0.6) is 0 Å². The van der Waals surface area contributed by atoms with E-state index in [9.17, 15) is 17.6 Å². The van der Waals surface area contributed by atoms with Crippen molar-refractivity contribution in [3.8, 4) is 11.4 Å². The van der Waals surface area contributed by atoms with Crippen LogP contribution in [0.25, 0.3) is 17.0 Å². The summed E-state index contributed by atoms with van der Waals surface area (Å²) in [6, 6.07) is 9.30. The Kier molecular flexibility index (Phi) is 4.34. The van der Waals surface area contributed by atoms with Gasteiger partial charge in [0.15, 0.2) is 0 Å². The van der Waals surface area contributed by atoms with Gasteiger partial charge in [0, 0.05) is 28.6 Å². The second-order valence-corrected chi connectivity index (χ2v) is 6.63. The third-order valence-electron chi connectivity index (χ3n) is 3.64. The lowest BCUT2D eigenvalue weighted by Gasteiger charge is -1.98. The quantitative estimate of drug-likeness (QED) is 0.366. The molecule has 10 heteroatoms. The molecule has 0 radical (unpaired) electrons. The molecule has 0 aliphatic carbocycles. The first-order chi connectivity index (χ1) is 12.9. The first-order valence-corrected chi connectivity index (χ1v) is 8.64. The largest absolute Gasteiger partial charge is 0.471 e. The normalized spacial score (nSPS) is 12.0. The molecule has 0 saturated carbocycles. The molecule has 0 aliphatic heterocycles. The number of alkyl halides is 3. The molecular weight excluding hydrogens is 384 g/mol. The predicted molar refractivity (Wildman–Crippen MR) is 89.4 cm³/mol. The number of aromatic nitrogens is 4. The van der Waals surface area contributed by atoms with Crippen LogP contribution in [-0.4, -0.2) is 19.5 Å². The summed E-state index contributed by atoms with van der Waals surface area (Å²) in [6.07, 6.45) is -1.21. The predicted octanol–water partition coefficient (Wildman–Crippen LogP) is 4.83. The molecule has 0 fully saturated rings. The van der Waals surface area contributed by atoms with Crippen LogP contribution in [0.15, 0.2) is 58.2 Å². The molecule has 0 saturated heterocycles. The van der Waals surface area contributed by atoms with E-state index in [0.29, 0.717) is 17.0 Å². The molecule has 3 heterocycles. The Morgan fingerprint density at radius 2 is 1.85 bits per heavy atom. The van der Waals surface area contributed by atoms with Crippen molar-refractivity contribution in [2.45, 2.75) is 16.8 Å². The Labute approximate surface area is 154 Å². The van der Waals surface area contributed by atoms with Crippen molar-refractivity contribution in [3.05, 3.63) is 66.2 Å². The van der Waals surface area contributed by atoms with E-state index < -0.39 is 12.1 Å². The number of benzene rings is 1. The zero-order valence-electron chi connectivity index (χ0n) is 13.4. The van der Waals surface area contributed by atoms with Crippen molar-refractivity contribution >= 4 is 17.4 Å². The molecule has 4 aromatic rings. The van der Waals surface area contributed by atoms with E-state index in [0.717, 1.165) is 10.6 Å². The smallest absolute Gasteiger partial charge is 0.329 e. The zero-order chi connectivity index (χ0) is 19.0. The minimum absolute atomic E-state index is 0.157. The fourth-order valence-corrected chi connectivity index (χ4v) is 3.17. The van der Waals surface area contributed by atoms with Crippen molar-refractivity contribution in [1.29, 1.82) is 0 Å². The van der Waals surface area contributed by atoms with Crippen LogP contribution in [0.3, 0.4) is 0 Å². The highest BCUT2D eigenvalue weighted by molar-refractivity contribution is 7.98. The maximum atomic E-state index is 12.9. The summed E-state index contributed by atoms with van der Waals surface area (Å²) in [4.78, 5) is 8.72. The Morgan fingerprint density at radius 3 is 2.56 bits per heavy atom. The number of fused-ring (bicyclic) bond motifs is 1. The highest BCUT2D eigenvalue weighted by Gasteiger charge is 2.38. The van der Waals surface area contributed by atoms with E-state index >= 15 is 0 Å². The highest BCUT2D eigenvalue weighted by atomic mass is 32.2. The maximum absolute atomic E-state index is 12.9. The number of pyridine rings is 1. The van der Waals surface area contributed by atoms with E-state index in [1.54, 1.807) is 34.9 Å². The van der Waals surface area contributed by atoms with Crippen molar-refractivity contribution < 1.29 is 22.1 Å². The highest BCUT2D eigenvalue weighted by Crippen LogP contribution is 2.29. The number of nitrogens with zero attached hydrogens (tertiary/aromatic N) is 4. The van der Waals surface area contributed by atoms with Crippen LogP contribution >= 0.6 is 11.8 Å². The lowest BCUT2D eigenvalue weighted by atomic mass is 10.2. The van der Waals surface area contributed by atoms with Gasteiger partial charge >= 0.3 is 12.1 Å². The fraction of sp³-hybridized carbons (Fsp3) is 0.118. The summed E-state index contributed by atoms with van der Waals surface area (Å²) in [5, 5.41) is 3.37. The van der Waals surface area contributed by atoms with E-state index in [1.165, 1.54) is 23.9 Å². The lowest BCUT2D eigenvalue weighted by molar-refractivity contribution is -0.159. The maximum Gasteiger partial charge on any atom is 0.471 e. The summed E-state index contributed by atoms with van der Waals surface area (Å²) in [7, 11) is 0. The van der Waals surface area contributed by atoms with E-state index in [2.05, 4.69) is 19.6 Å². The Balaban J connectivity index is 1.54. The Hall–Kier alpha value is -2.88. The van der Waals surface area contributed by atoms with Crippen LogP contribution in [0, 0.1) is 5.82 Å². The molecule has 0 atom stereocenters. The minimum Gasteiger partial charge on any atom is -0.329 e. The molecule has 27 heavy (non-hydrogen) atoms. The van der Waals surface area contributed by atoms with Crippen molar-refractivity contribution in [1.82, 2.24) is 19.5 Å². The monoisotopic (exact) mass is 394 g/mol. The topological polar surface area (TPSA) is 56.2 Å². The van der Waals surface area contributed by atoms with Gasteiger partial charge in [-0.2, -0.15) is 18.2 Å². The number of hydrogen-bond acceptors (Lipinski definition) is 5. The molecule has 138 valence electrons. The van der Waals surface area contributed by atoms with Gasteiger partial charge in [-0.05, 0) is 36.4 Å². The van der Waals surface area contributed by atoms with E-state index in [4.69, 9.17) is 0 Å². The van der Waals surface area contributed by atoms with Gasteiger partial charge in [0.25, 0.3) is 0 Å². The Bertz CT molecular complexity index is 1090. The number of imidazole rings is 1. The second kappa shape index (κ2) is 6.69. The molecule has 5 nitrogen and oxygen atoms in total. The van der Waals surface area contributed by atoms with Gasteiger partial charge in [0.05, 0.1) is 5.69 Å². The second-order valence-electron chi connectivity index (χ2n) is 5.58. The van der Waals surface area contributed by atoms with Crippen molar-refractivity contribution in [2.24, 2.45) is 0 Å². The fourth-order valence-electron chi connectivity index (χ4n) is 2.39. The summed E-state index contributed by atoms with van der Waals surface area (Å²) in [5.74, 6) is -1.29. The summed E-state index contributed by atoms with van der Waals surface area (Å²) in [5.41, 5.74) is 1.68. The Morgan fingerprint density at radius 1 is 1.07 bits per heavy atom. The van der Waals surface area contributed by atoms with Crippen LogP contribution in [0.2, 0.25) is 0 Å². The summed E-state index contributed by atoms with van der Waals surface area (Å²) >= 11 is 1.50. The molecule has 0 N–H and O–H groups in total. The van der Waals surface area contributed by atoms with Gasteiger partial charge in [-0.25, -0.2) is 9.37 Å². The third kappa shape index (κ3) is 3.80. The first kappa shape index (κ1) is 17.5. The lowest BCUT2D eigenvalue weighted by Crippen LogP contribution is -2.04. The molecule has 0 aliphatic rings. The van der Waals surface area contributed by atoms with Gasteiger partial charge in [0.1, 0.15) is 11.5 Å². The minimum atomic E-state index is -4.69. The molecule has 0 unspecified atom stereocenters. The van der Waals surface area contributed by atoms with Gasteiger partial charge in [-0.15, -0.1) is 11.8 Å². The summed E-state index contributed by atoms with van der Waals surface area (Å²) in [6.45, 7) is 0. The van der Waals surface area contributed by atoms with Gasteiger partial charge in [-0.3, -0.25) is 0 Å². The molecule has 3 aromatic heterocycles. The van der Waals surface area contributed by atoms with E-state index in [-0.39, 0.29) is 11.6 Å². The molecule has 0 amide bonds. The van der Waals surface area contributed by atoms with Crippen LogP contribution in [0.1, 0.15) is 11.6 Å². The van der Waals surface area contributed by atoms with Crippen molar-refractivity contribution in [2.75, 3.05) is 0 Å². The number of halogens is 4. The molecule has 4 rings (SSSR count). The number of thioether (sulfide) groups is 1. The molecular formula is C17H10F4N4OS. The molecule has 1 aromatic carbocycles. The third-order valence-corrected chi connectivity index (χ3v) is 4.68. The number of hydrogen-bond donors (Lipinski definition) is 0. The van der Waals surface area contributed by atoms with Gasteiger partial charge in [0.2, 0.25) is 5.82 Å². The zero-order valence-corrected chi connectivity index (χ0v) is 14.3. The molecule has 0 spiro atoms. The molecule has 0 bridgehead atoms. The first-order valence-electron chi connectivity index (χ1n) is 7.66. The van der Waals surface area contributed by atoms with Crippen LogP contribution in [0.4, 0.5) is 17.6 Å². The average molecular weight is 394 g/mol. The van der Waals surface area contributed by atoms with Crippen LogP contribution < -0.4 is 0 Å². The average Bonchev–Trinajstić information content (AvgIpc) is 3.27.